The number of aliphatic imine (C=N–C) groups is 1. The second-order valence-electron chi connectivity index (χ2n) is 6.44. The number of guanidine groups is 1. The van der Waals surface area contributed by atoms with Crippen LogP contribution in [0.5, 0.6) is 5.75 Å². The minimum atomic E-state index is 0. The number of nitrogens with zero attached hydrogens (tertiary/aromatic N) is 2. The monoisotopic (exact) mass is 532 g/mol. The Balaban J connectivity index is 0.00000420. The second-order valence-corrected chi connectivity index (χ2v) is 7.73. The maximum atomic E-state index is 5.73. The number of ether oxygens (including phenoxy) is 2. The van der Waals surface area contributed by atoms with Crippen molar-refractivity contribution >= 4 is 41.3 Å². The van der Waals surface area contributed by atoms with Gasteiger partial charge in [-0.3, -0.25) is 4.99 Å². The third kappa shape index (κ3) is 9.77. The molecule has 6 nitrogen and oxygen atoms in total. The van der Waals surface area contributed by atoms with Gasteiger partial charge in [-0.15, -0.1) is 35.3 Å². The Kier molecular flexibility index (Phi) is 12.9. The Hall–Kier alpha value is -1.39. The lowest BCUT2D eigenvalue weighted by atomic mass is 10.2. The SMILES string of the molecule is CCNC(=NCCCOCc1ccc(OC)cc1)NCCc1nc(C)c(C)s1.I. The van der Waals surface area contributed by atoms with Gasteiger partial charge in [0.05, 0.1) is 24.4 Å². The summed E-state index contributed by atoms with van der Waals surface area (Å²) in [6.45, 7) is 9.94. The third-order valence-electron chi connectivity index (χ3n) is 4.19. The Morgan fingerprint density at radius 1 is 1.17 bits per heavy atom. The molecule has 0 aliphatic rings. The van der Waals surface area contributed by atoms with Crippen LogP contribution in [0.2, 0.25) is 0 Å². The molecular formula is C21H33IN4O2S. The van der Waals surface area contributed by atoms with Crippen LogP contribution in [0.3, 0.4) is 0 Å². The van der Waals surface area contributed by atoms with Crippen LogP contribution >= 0.6 is 35.3 Å². The lowest BCUT2D eigenvalue weighted by Gasteiger charge is -2.10. The van der Waals surface area contributed by atoms with Crippen LogP contribution < -0.4 is 15.4 Å². The predicted molar refractivity (Wildman–Crippen MR) is 132 cm³/mol. The van der Waals surface area contributed by atoms with Gasteiger partial charge in [-0.25, -0.2) is 4.98 Å². The number of aryl methyl sites for hydroxylation is 2. The largest absolute Gasteiger partial charge is 0.497 e. The summed E-state index contributed by atoms with van der Waals surface area (Å²) in [5.41, 5.74) is 2.28. The summed E-state index contributed by atoms with van der Waals surface area (Å²) < 4.78 is 10.9. The molecule has 2 rings (SSSR count). The number of hydrogen-bond acceptors (Lipinski definition) is 5. The zero-order chi connectivity index (χ0) is 20.2. The first-order valence-electron chi connectivity index (χ1n) is 9.78. The van der Waals surface area contributed by atoms with Gasteiger partial charge in [0, 0.05) is 37.5 Å². The van der Waals surface area contributed by atoms with Crippen LogP contribution in [0, 0.1) is 13.8 Å². The van der Waals surface area contributed by atoms with E-state index in [4.69, 9.17) is 9.47 Å². The summed E-state index contributed by atoms with van der Waals surface area (Å²) in [6.07, 6.45) is 1.80. The van der Waals surface area contributed by atoms with Gasteiger partial charge in [0.25, 0.3) is 0 Å². The van der Waals surface area contributed by atoms with Crippen LogP contribution in [0.4, 0.5) is 0 Å². The smallest absolute Gasteiger partial charge is 0.191 e. The maximum absolute atomic E-state index is 5.73. The minimum Gasteiger partial charge on any atom is -0.497 e. The quantitative estimate of drug-likeness (QED) is 0.198. The van der Waals surface area contributed by atoms with Crippen molar-refractivity contribution in [2.75, 3.05) is 33.4 Å². The van der Waals surface area contributed by atoms with Crippen molar-refractivity contribution in [1.82, 2.24) is 15.6 Å². The molecule has 0 unspecified atom stereocenters. The van der Waals surface area contributed by atoms with Crippen molar-refractivity contribution in [3.05, 3.63) is 45.4 Å². The Morgan fingerprint density at radius 2 is 1.93 bits per heavy atom. The van der Waals surface area contributed by atoms with E-state index in [2.05, 4.69) is 41.4 Å². The topological polar surface area (TPSA) is 67.8 Å². The highest BCUT2D eigenvalue weighted by Crippen LogP contribution is 2.16. The predicted octanol–water partition coefficient (Wildman–Crippen LogP) is 4.09. The molecule has 1 aromatic heterocycles. The van der Waals surface area contributed by atoms with Crippen LogP contribution in [0.1, 0.15) is 34.5 Å². The number of nitrogens with one attached hydrogen (secondary N) is 2. The molecular weight excluding hydrogens is 499 g/mol. The van der Waals surface area contributed by atoms with Crippen molar-refractivity contribution in [3.8, 4) is 5.75 Å². The van der Waals surface area contributed by atoms with Crippen molar-refractivity contribution in [1.29, 1.82) is 0 Å². The van der Waals surface area contributed by atoms with Gasteiger partial charge >= 0.3 is 0 Å². The zero-order valence-corrected chi connectivity index (χ0v) is 20.9. The Bertz CT molecular complexity index is 715. The summed E-state index contributed by atoms with van der Waals surface area (Å²) >= 11 is 1.77. The molecule has 8 heteroatoms. The van der Waals surface area contributed by atoms with E-state index in [1.165, 1.54) is 9.88 Å². The van der Waals surface area contributed by atoms with Crippen molar-refractivity contribution in [2.45, 2.75) is 40.2 Å². The van der Waals surface area contributed by atoms with Crippen molar-refractivity contribution in [2.24, 2.45) is 4.99 Å². The van der Waals surface area contributed by atoms with Crippen LogP contribution in [-0.4, -0.2) is 44.3 Å². The number of halogens is 1. The van der Waals surface area contributed by atoms with E-state index in [9.17, 15) is 0 Å². The normalized spacial score (nSPS) is 11.1. The van der Waals surface area contributed by atoms with Gasteiger partial charge in [0.15, 0.2) is 5.96 Å². The number of rotatable bonds is 11. The average molecular weight is 532 g/mol. The van der Waals surface area contributed by atoms with Gasteiger partial charge in [0.1, 0.15) is 5.75 Å². The molecule has 0 spiro atoms. The van der Waals surface area contributed by atoms with E-state index >= 15 is 0 Å². The number of methoxy groups -OCH3 is 1. The summed E-state index contributed by atoms with van der Waals surface area (Å²) in [4.78, 5) is 10.5. The molecule has 2 N–H and O–H groups in total. The number of hydrogen-bond donors (Lipinski definition) is 2. The Morgan fingerprint density at radius 3 is 2.55 bits per heavy atom. The molecule has 0 fully saturated rings. The third-order valence-corrected chi connectivity index (χ3v) is 5.33. The molecule has 0 saturated heterocycles. The standard InChI is InChI=1S/C21H32N4O2S.HI/c1-5-22-21(24-13-11-20-25-16(2)17(3)28-20)23-12-6-14-27-15-18-7-9-19(26-4)10-8-18;/h7-10H,5-6,11-15H2,1-4H3,(H2,22,23,24);1H. The first kappa shape index (κ1) is 25.6. The fourth-order valence-corrected chi connectivity index (χ4v) is 3.48. The highest BCUT2D eigenvalue weighted by atomic mass is 127. The summed E-state index contributed by atoms with van der Waals surface area (Å²) in [5.74, 6) is 1.71. The number of aromatic nitrogens is 1. The lowest BCUT2D eigenvalue weighted by molar-refractivity contribution is 0.120. The Labute approximate surface area is 195 Å². The molecule has 0 atom stereocenters. The number of benzene rings is 1. The van der Waals surface area contributed by atoms with E-state index < -0.39 is 0 Å². The maximum Gasteiger partial charge on any atom is 0.191 e. The van der Waals surface area contributed by atoms with E-state index in [0.29, 0.717) is 13.2 Å². The zero-order valence-electron chi connectivity index (χ0n) is 17.8. The van der Waals surface area contributed by atoms with Crippen molar-refractivity contribution < 1.29 is 9.47 Å². The van der Waals surface area contributed by atoms with E-state index in [-0.39, 0.29) is 24.0 Å². The molecule has 29 heavy (non-hydrogen) atoms. The van der Waals surface area contributed by atoms with Gasteiger partial charge in [-0.1, -0.05) is 12.1 Å². The van der Waals surface area contributed by atoms with E-state index in [1.54, 1.807) is 18.4 Å². The van der Waals surface area contributed by atoms with E-state index in [0.717, 1.165) is 55.4 Å². The fourth-order valence-electron chi connectivity index (χ4n) is 2.54. The van der Waals surface area contributed by atoms with Gasteiger partial charge < -0.3 is 20.1 Å². The summed E-state index contributed by atoms with van der Waals surface area (Å²) in [6, 6.07) is 7.95. The average Bonchev–Trinajstić information content (AvgIpc) is 3.02. The summed E-state index contributed by atoms with van der Waals surface area (Å²) in [5, 5.41) is 7.83. The first-order valence-corrected chi connectivity index (χ1v) is 10.6. The molecule has 162 valence electrons. The molecule has 0 aliphatic carbocycles. The van der Waals surface area contributed by atoms with Crippen molar-refractivity contribution in [3.63, 3.8) is 0 Å². The molecule has 0 aliphatic heterocycles. The molecule has 1 aromatic carbocycles. The van der Waals surface area contributed by atoms with Gasteiger partial charge in [-0.2, -0.15) is 0 Å². The number of thiazole rings is 1. The molecule has 0 saturated carbocycles. The van der Waals surface area contributed by atoms with Crippen LogP contribution in [0.15, 0.2) is 29.3 Å². The second kappa shape index (κ2) is 14.6. The lowest BCUT2D eigenvalue weighted by Crippen LogP contribution is -2.38. The molecule has 0 radical (unpaired) electrons. The minimum absolute atomic E-state index is 0. The highest BCUT2D eigenvalue weighted by Gasteiger charge is 2.04. The van der Waals surface area contributed by atoms with E-state index in [1.807, 2.05) is 24.3 Å². The fraction of sp³-hybridized carbons (Fsp3) is 0.524. The van der Waals surface area contributed by atoms with Gasteiger partial charge in [-0.05, 0) is 44.9 Å². The van der Waals surface area contributed by atoms with Gasteiger partial charge in [0.2, 0.25) is 0 Å². The molecule has 1 heterocycles. The van der Waals surface area contributed by atoms with Crippen LogP contribution in [0.25, 0.3) is 0 Å². The molecule has 0 amide bonds. The molecule has 2 aromatic rings. The summed E-state index contributed by atoms with van der Waals surface area (Å²) in [7, 11) is 1.67. The highest BCUT2D eigenvalue weighted by molar-refractivity contribution is 14.0. The first-order chi connectivity index (χ1) is 13.6. The van der Waals surface area contributed by atoms with Crippen LogP contribution in [-0.2, 0) is 17.8 Å². The molecule has 0 bridgehead atoms.